The lowest BCUT2D eigenvalue weighted by atomic mass is 10.2. The maximum atomic E-state index is 13.4. The zero-order valence-corrected chi connectivity index (χ0v) is 19.1. The Morgan fingerprint density at radius 1 is 1.00 bits per heavy atom. The first kappa shape index (κ1) is 23.6. The Bertz CT molecular complexity index is 1400. The van der Waals surface area contributed by atoms with Gasteiger partial charge in [-0.15, -0.1) is 0 Å². The van der Waals surface area contributed by atoms with Gasteiger partial charge in [0.2, 0.25) is 5.91 Å². The number of halogens is 3. The number of aromatic nitrogens is 2. The molecule has 34 heavy (non-hydrogen) atoms. The average Bonchev–Trinajstić information content (AvgIpc) is 2.83. The van der Waals surface area contributed by atoms with Crippen LogP contribution in [0.25, 0.3) is 16.6 Å². The molecular formula is C25H20F3N3O2S. The monoisotopic (exact) mass is 483 g/mol. The number of hydrogen-bond donors (Lipinski definition) is 0. The van der Waals surface area contributed by atoms with Gasteiger partial charge in [-0.05, 0) is 49.4 Å². The molecule has 5 nitrogen and oxygen atoms in total. The molecule has 0 fully saturated rings. The number of carbonyl (C=O) groups is 1. The minimum absolute atomic E-state index is 0.0247. The van der Waals surface area contributed by atoms with E-state index in [0.29, 0.717) is 11.2 Å². The van der Waals surface area contributed by atoms with Crippen molar-refractivity contribution < 1.29 is 18.0 Å². The number of fused-ring (bicyclic) bond motifs is 1. The molecule has 0 saturated heterocycles. The van der Waals surface area contributed by atoms with Gasteiger partial charge in [0.05, 0.1) is 27.4 Å². The minimum Gasteiger partial charge on any atom is -0.315 e. The van der Waals surface area contributed by atoms with Gasteiger partial charge in [0, 0.05) is 12.7 Å². The number of anilines is 1. The van der Waals surface area contributed by atoms with Crippen LogP contribution in [0.2, 0.25) is 0 Å². The SMILES string of the molecule is C[C@H](Sc1nc2ccccc2c(=O)n1-c1cccc(C(F)(F)F)c1)C(=O)N(C)c1ccccc1. The van der Waals surface area contributed by atoms with Crippen LogP contribution in [-0.4, -0.2) is 27.8 Å². The highest BCUT2D eigenvalue weighted by Gasteiger charge is 2.31. The van der Waals surface area contributed by atoms with E-state index in [2.05, 4.69) is 4.98 Å². The Morgan fingerprint density at radius 2 is 1.68 bits per heavy atom. The quantitative estimate of drug-likeness (QED) is 0.276. The second-order valence-corrected chi connectivity index (χ2v) is 8.90. The molecule has 0 saturated carbocycles. The Kier molecular flexibility index (Phi) is 6.47. The molecule has 1 atom stereocenters. The normalized spacial score (nSPS) is 12.5. The summed E-state index contributed by atoms with van der Waals surface area (Å²) in [5, 5.41) is -0.273. The molecule has 1 amide bonds. The fraction of sp³-hybridized carbons (Fsp3) is 0.160. The van der Waals surface area contributed by atoms with Gasteiger partial charge in [-0.2, -0.15) is 13.2 Å². The van der Waals surface area contributed by atoms with E-state index in [4.69, 9.17) is 0 Å². The number of carbonyl (C=O) groups excluding carboxylic acids is 1. The summed E-state index contributed by atoms with van der Waals surface area (Å²) in [6.45, 7) is 1.67. The van der Waals surface area contributed by atoms with E-state index in [1.165, 1.54) is 17.0 Å². The van der Waals surface area contributed by atoms with Gasteiger partial charge in [-0.25, -0.2) is 4.98 Å². The summed E-state index contributed by atoms with van der Waals surface area (Å²) < 4.78 is 41.2. The van der Waals surface area contributed by atoms with Crippen LogP contribution >= 0.6 is 11.8 Å². The number of rotatable bonds is 5. The molecule has 0 unspecified atom stereocenters. The summed E-state index contributed by atoms with van der Waals surface area (Å²) in [6, 6.07) is 20.2. The van der Waals surface area contributed by atoms with Crippen LogP contribution in [0, 0.1) is 0 Å². The van der Waals surface area contributed by atoms with Crippen molar-refractivity contribution >= 4 is 34.3 Å². The number of benzene rings is 3. The molecule has 0 aliphatic carbocycles. The van der Waals surface area contributed by atoms with Crippen LogP contribution in [0.15, 0.2) is 88.8 Å². The summed E-state index contributed by atoms with van der Waals surface area (Å²) in [6.07, 6.45) is -4.57. The molecule has 0 aliphatic heterocycles. The first-order valence-electron chi connectivity index (χ1n) is 10.4. The molecule has 1 aromatic heterocycles. The van der Waals surface area contributed by atoms with Gasteiger partial charge < -0.3 is 4.90 Å². The second kappa shape index (κ2) is 9.34. The second-order valence-electron chi connectivity index (χ2n) is 7.59. The Labute approximate surface area is 197 Å². The van der Waals surface area contributed by atoms with Gasteiger partial charge in [0.1, 0.15) is 0 Å². The van der Waals surface area contributed by atoms with Crippen molar-refractivity contribution in [2.24, 2.45) is 0 Å². The lowest BCUT2D eigenvalue weighted by Gasteiger charge is -2.22. The minimum atomic E-state index is -4.57. The van der Waals surface area contributed by atoms with Crippen LogP contribution < -0.4 is 10.5 Å². The van der Waals surface area contributed by atoms with E-state index in [1.807, 2.05) is 18.2 Å². The summed E-state index contributed by atoms with van der Waals surface area (Å²) in [4.78, 5) is 32.4. The predicted octanol–water partition coefficient (Wildman–Crippen LogP) is 5.55. The van der Waals surface area contributed by atoms with Gasteiger partial charge in [0.25, 0.3) is 5.56 Å². The fourth-order valence-electron chi connectivity index (χ4n) is 3.50. The molecule has 0 radical (unpaired) electrons. The number of para-hydroxylation sites is 2. The zero-order chi connectivity index (χ0) is 24.5. The lowest BCUT2D eigenvalue weighted by Crippen LogP contribution is -2.33. The van der Waals surface area contributed by atoms with E-state index in [0.717, 1.165) is 28.5 Å². The Balaban J connectivity index is 1.80. The van der Waals surface area contributed by atoms with Crippen LogP contribution in [-0.2, 0) is 11.0 Å². The van der Waals surface area contributed by atoms with E-state index < -0.39 is 22.5 Å². The standard InChI is InChI=1S/C25H20F3N3O2S/c1-16(22(32)30(2)18-10-4-3-5-11-18)34-24-29-21-14-7-6-13-20(21)23(33)31(24)19-12-8-9-17(15-19)25(26,27)28/h3-16H,1-2H3/t16-/m0/s1. The third-order valence-electron chi connectivity index (χ3n) is 5.28. The van der Waals surface area contributed by atoms with Gasteiger partial charge in [-0.3, -0.25) is 14.2 Å². The molecule has 9 heteroatoms. The zero-order valence-electron chi connectivity index (χ0n) is 18.3. The molecule has 0 aliphatic rings. The van der Waals surface area contributed by atoms with Crippen molar-refractivity contribution in [3.05, 3.63) is 94.8 Å². The lowest BCUT2D eigenvalue weighted by molar-refractivity contribution is -0.137. The van der Waals surface area contributed by atoms with Crippen molar-refractivity contribution in [3.8, 4) is 5.69 Å². The molecule has 3 aromatic carbocycles. The van der Waals surface area contributed by atoms with Gasteiger partial charge in [-0.1, -0.05) is 48.2 Å². The maximum absolute atomic E-state index is 13.4. The highest BCUT2D eigenvalue weighted by atomic mass is 32.2. The molecule has 0 N–H and O–H groups in total. The largest absolute Gasteiger partial charge is 0.416 e. The first-order chi connectivity index (χ1) is 16.2. The smallest absolute Gasteiger partial charge is 0.315 e. The van der Waals surface area contributed by atoms with Crippen molar-refractivity contribution in [2.45, 2.75) is 23.5 Å². The summed E-state index contributed by atoms with van der Waals surface area (Å²) in [5.74, 6) is -0.241. The predicted molar refractivity (Wildman–Crippen MR) is 128 cm³/mol. The van der Waals surface area contributed by atoms with E-state index in [9.17, 15) is 22.8 Å². The summed E-state index contributed by atoms with van der Waals surface area (Å²) >= 11 is 1.02. The van der Waals surface area contributed by atoms with E-state index in [-0.39, 0.29) is 22.1 Å². The van der Waals surface area contributed by atoms with E-state index >= 15 is 0 Å². The third kappa shape index (κ3) is 4.70. The Morgan fingerprint density at radius 3 is 2.38 bits per heavy atom. The van der Waals surface area contributed by atoms with Crippen molar-refractivity contribution in [1.29, 1.82) is 0 Å². The summed E-state index contributed by atoms with van der Waals surface area (Å²) in [5.41, 5.74) is -0.273. The third-order valence-corrected chi connectivity index (χ3v) is 6.32. The number of amides is 1. The average molecular weight is 484 g/mol. The van der Waals surface area contributed by atoms with Gasteiger partial charge >= 0.3 is 6.18 Å². The van der Waals surface area contributed by atoms with E-state index in [1.54, 1.807) is 50.4 Å². The molecule has 0 bridgehead atoms. The van der Waals surface area contributed by atoms with Gasteiger partial charge in [0.15, 0.2) is 5.16 Å². The van der Waals surface area contributed by atoms with Crippen molar-refractivity contribution in [2.75, 3.05) is 11.9 Å². The van der Waals surface area contributed by atoms with Crippen LogP contribution in [0.5, 0.6) is 0 Å². The topological polar surface area (TPSA) is 55.2 Å². The highest BCUT2D eigenvalue weighted by Crippen LogP contribution is 2.32. The van der Waals surface area contributed by atoms with Crippen LogP contribution in [0.1, 0.15) is 12.5 Å². The molecule has 1 heterocycles. The molecule has 174 valence electrons. The number of nitrogens with zero attached hydrogens (tertiary/aromatic N) is 3. The molecule has 0 spiro atoms. The Hall–Kier alpha value is -3.59. The van der Waals surface area contributed by atoms with Crippen molar-refractivity contribution in [3.63, 3.8) is 0 Å². The number of hydrogen-bond acceptors (Lipinski definition) is 4. The summed E-state index contributed by atoms with van der Waals surface area (Å²) in [7, 11) is 1.64. The molecule has 4 rings (SSSR count). The highest BCUT2D eigenvalue weighted by molar-refractivity contribution is 8.00. The number of thioether (sulfide) groups is 1. The molecular weight excluding hydrogens is 463 g/mol. The molecule has 4 aromatic rings. The number of alkyl halides is 3. The maximum Gasteiger partial charge on any atom is 0.416 e. The van der Waals surface area contributed by atoms with Crippen molar-refractivity contribution in [1.82, 2.24) is 9.55 Å². The fourth-order valence-corrected chi connectivity index (χ4v) is 4.52. The van der Waals surface area contributed by atoms with Crippen LogP contribution in [0.4, 0.5) is 18.9 Å². The van der Waals surface area contributed by atoms with Crippen LogP contribution in [0.3, 0.4) is 0 Å². The first-order valence-corrected chi connectivity index (χ1v) is 11.2.